The average molecular weight is 507 g/mol. The van der Waals surface area contributed by atoms with E-state index in [0.717, 1.165) is 13.8 Å². The monoisotopic (exact) mass is 506 g/mol. The number of amides is 2. The number of nitrogens with zero attached hydrogens (tertiary/aromatic N) is 3. The molecule has 0 bridgehead atoms. The van der Waals surface area contributed by atoms with Gasteiger partial charge in [-0.25, -0.2) is 8.42 Å². The summed E-state index contributed by atoms with van der Waals surface area (Å²) in [6, 6.07) is 10.3. The van der Waals surface area contributed by atoms with Gasteiger partial charge in [-0.15, -0.1) is 10.2 Å². The third-order valence-electron chi connectivity index (χ3n) is 4.39. The fourth-order valence-electron chi connectivity index (χ4n) is 2.89. The van der Waals surface area contributed by atoms with Crippen LogP contribution in [0, 0.1) is 0 Å². The summed E-state index contributed by atoms with van der Waals surface area (Å²) in [6.45, 7) is 3.93. The molecule has 2 aromatic carbocycles. The fourth-order valence-corrected chi connectivity index (χ4v) is 5.52. The summed E-state index contributed by atoms with van der Waals surface area (Å²) >= 11 is 4.53. The van der Waals surface area contributed by atoms with E-state index in [1.807, 2.05) is 13.8 Å². The van der Waals surface area contributed by atoms with E-state index >= 15 is 0 Å². The average Bonchev–Trinajstić information content (AvgIpc) is 3.24. The molecule has 0 atom stereocenters. The normalized spacial score (nSPS) is 14.8. The molecule has 30 heavy (non-hydrogen) atoms. The van der Waals surface area contributed by atoms with E-state index in [2.05, 4.69) is 31.4 Å². The second-order valence-electron chi connectivity index (χ2n) is 6.82. The largest absolute Gasteiger partial charge is 0.296 e. The van der Waals surface area contributed by atoms with Crippen molar-refractivity contribution >= 4 is 59.9 Å². The van der Waals surface area contributed by atoms with Gasteiger partial charge in [-0.05, 0) is 42.5 Å². The zero-order chi connectivity index (χ0) is 21.6. The zero-order valence-corrected chi connectivity index (χ0v) is 19.0. The molecular formula is C19H15BrN4O4S2. The molecule has 4 rings (SSSR count). The third-order valence-corrected chi connectivity index (χ3v) is 7.81. The molecule has 154 valence electrons. The molecule has 0 saturated heterocycles. The Morgan fingerprint density at radius 2 is 1.83 bits per heavy atom. The van der Waals surface area contributed by atoms with Crippen molar-refractivity contribution in [2.24, 2.45) is 0 Å². The molecule has 0 spiro atoms. The van der Waals surface area contributed by atoms with Crippen molar-refractivity contribution in [3.63, 3.8) is 0 Å². The molecule has 3 aromatic rings. The van der Waals surface area contributed by atoms with Crippen LogP contribution in [-0.2, 0) is 10.0 Å². The smallest absolute Gasteiger partial charge is 0.273 e. The molecule has 2 heterocycles. The maximum Gasteiger partial charge on any atom is 0.273 e. The summed E-state index contributed by atoms with van der Waals surface area (Å²) < 4.78 is 27.6. The van der Waals surface area contributed by atoms with E-state index in [9.17, 15) is 18.0 Å². The van der Waals surface area contributed by atoms with Crippen LogP contribution >= 0.6 is 27.3 Å². The lowest BCUT2D eigenvalue weighted by molar-refractivity contribution is 0.100. The first kappa shape index (κ1) is 20.6. The number of hydrogen-bond donors (Lipinski definition) is 1. The number of rotatable bonds is 4. The predicted molar refractivity (Wildman–Crippen MR) is 117 cm³/mol. The van der Waals surface area contributed by atoms with E-state index in [1.54, 1.807) is 12.1 Å². The van der Waals surface area contributed by atoms with Gasteiger partial charge < -0.3 is 0 Å². The van der Waals surface area contributed by atoms with Gasteiger partial charge >= 0.3 is 0 Å². The Morgan fingerprint density at radius 1 is 1.13 bits per heavy atom. The van der Waals surface area contributed by atoms with Crippen LogP contribution in [0.25, 0.3) is 0 Å². The highest BCUT2D eigenvalue weighted by molar-refractivity contribution is 9.10. The molecule has 0 saturated carbocycles. The number of halogens is 1. The lowest BCUT2D eigenvalue weighted by Crippen LogP contribution is -2.29. The SMILES string of the molecule is CC(C)c1nnc(NC(=O)c2ccc3c(c2)S(=O)(=O)N(c2ccc(Br)cc2)C3=O)s1. The number of nitrogens with one attached hydrogen (secondary N) is 1. The molecule has 0 fully saturated rings. The Kier molecular flexibility index (Phi) is 5.20. The molecule has 2 amide bonds. The van der Waals surface area contributed by atoms with E-state index in [0.29, 0.717) is 5.13 Å². The van der Waals surface area contributed by atoms with Gasteiger partial charge in [-0.3, -0.25) is 14.9 Å². The van der Waals surface area contributed by atoms with Crippen LogP contribution in [0.15, 0.2) is 51.8 Å². The van der Waals surface area contributed by atoms with Gasteiger partial charge in [0.1, 0.15) is 9.90 Å². The molecule has 0 aliphatic carbocycles. The van der Waals surface area contributed by atoms with Crippen LogP contribution in [0.2, 0.25) is 0 Å². The van der Waals surface area contributed by atoms with Crippen molar-refractivity contribution < 1.29 is 18.0 Å². The van der Waals surface area contributed by atoms with Crippen LogP contribution < -0.4 is 9.62 Å². The Hall–Kier alpha value is -2.63. The standard InChI is InChI=1S/C19H15BrN4O4S2/c1-10(2)17-22-23-19(29-17)21-16(25)11-3-8-14-15(9-11)30(27,28)24(18(14)26)13-6-4-12(20)5-7-13/h3-10H,1-2H3,(H,21,23,25). The molecule has 1 aliphatic heterocycles. The molecule has 1 aliphatic rings. The summed E-state index contributed by atoms with van der Waals surface area (Å²) in [7, 11) is -4.13. The highest BCUT2D eigenvalue weighted by atomic mass is 79.9. The van der Waals surface area contributed by atoms with E-state index in [4.69, 9.17) is 0 Å². The van der Waals surface area contributed by atoms with Crippen molar-refractivity contribution in [2.45, 2.75) is 24.7 Å². The van der Waals surface area contributed by atoms with Crippen LogP contribution in [-0.4, -0.2) is 30.4 Å². The lowest BCUT2D eigenvalue weighted by Gasteiger charge is -2.15. The topological polar surface area (TPSA) is 109 Å². The van der Waals surface area contributed by atoms with Crippen LogP contribution in [0.5, 0.6) is 0 Å². The third kappa shape index (κ3) is 3.53. The summed E-state index contributed by atoms with van der Waals surface area (Å²) in [4.78, 5) is 25.2. The highest BCUT2D eigenvalue weighted by Crippen LogP contribution is 2.35. The first-order valence-electron chi connectivity index (χ1n) is 8.82. The van der Waals surface area contributed by atoms with Gasteiger partial charge in [-0.2, -0.15) is 4.31 Å². The Morgan fingerprint density at radius 3 is 2.47 bits per heavy atom. The first-order chi connectivity index (χ1) is 14.2. The van der Waals surface area contributed by atoms with Crippen molar-refractivity contribution in [1.29, 1.82) is 0 Å². The maximum atomic E-state index is 13.0. The van der Waals surface area contributed by atoms with Gasteiger partial charge in [0, 0.05) is 16.0 Å². The zero-order valence-electron chi connectivity index (χ0n) is 15.8. The molecule has 1 N–H and O–H groups in total. The number of anilines is 2. The van der Waals surface area contributed by atoms with E-state index < -0.39 is 21.8 Å². The minimum absolute atomic E-state index is 0.0208. The van der Waals surface area contributed by atoms with Gasteiger partial charge in [0.15, 0.2) is 0 Å². The summed E-state index contributed by atoms with van der Waals surface area (Å²) in [5.41, 5.74) is 0.344. The Labute approximate surface area is 185 Å². The van der Waals surface area contributed by atoms with Gasteiger partial charge in [0.05, 0.1) is 11.3 Å². The Bertz CT molecular complexity index is 1270. The van der Waals surface area contributed by atoms with Crippen LogP contribution in [0.1, 0.15) is 45.5 Å². The van der Waals surface area contributed by atoms with Crippen LogP contribution in [0.4, 0.5) is 10.8 Å². The predicted octanol–water partition coefficient (Wildman–Crippen LogP) is 4.03. The molecule has 0 radical (unpaired) electrons. The number of aromatic nitrogens is 2. The molecule has 1 aromatic heterocycles. The van der Waals surface area contributed by atoms with Gasteiger partial charge in [0.2, 0.25) is 5.13 Å². The summed E-state index contributed by atoms with van der Waals surface area (Å²) in [5, 5.41) is 11.6. The summed E-state index contributed by atoms with van der Waals surface area (Å²) in [5.74, 6) is -1.02. The number of carbonyl (C=O) groups excluding carboxylic acids is 2. The molecule has 11 heteroatoms. The molecule has 8 nitrogen and oxygen atoms in total. The number of hydrogen-bond acceptors (Lipinski definition) is 7. The Balaban J connectivity index is 1.66. The minimum Gasteiger partial charge on any atom is -0.296 e. The van der Waals surface area contributed by atoms with Crippen molar-refractivity contribution in [1.82, 2.24) is 10.2 Å². The number of benzene rings is 2. The second-order valence-corrected chi connectivity index (χ2v) is 10.5. The van der Waals surface area contributed by atoms with Gasteiger partial charge in [-0.1, -0.05) is 41.1 Å². The molecule has 0 unspecified atom stereocenters. The number of sulfonamides is 1. The molecular weight excluding hydrogens is 492 g/mol. The second kappa shape index (κ2) is 7.56. The van der Waals surface area contributed by atoms with E-state index in [-0.39, 0.29) is 27.6 Å². The lowest BCUT2D eigenvalue weighted by atomic mass is 10.1. The highest BCUT2D eigenvalue weighted by Gasteiger charge is 2.42. The maximum absolute atomic E-state index is 13.0. The van der Waals surface area contributed by atoms with Crippen molar-refractivity contribution in [3.8, 4) is 0 Å². The van der Waals surface area contributed by atoms with Crippen molar-refractivity contribution in [3.05, 3.63) is 63.1 Å². The quantitative estimate of drug-likeness (QED) is 0.571. The summed E-state index contributed by atoms with van der Waals surface area (Å²) in [6.07, 6.45) is 0. The number of carbonyl (C=O) groups is 2. The minimum atomic E-state index is -4.13. The fraction of sp³-hybridized carbons (Fsp3) is 0.158. The number of fused-ring (bicyclic) bond motifs is 1. The van der Waals surface area contributed by atoms with Gasteiger partial charge in [0.25, 0.3) is 21.8 Å². The van der Waals surface area contributed by atoms with E-state index in [1.165, 1.54) is 41.7 Å². The first-order valence-corrected chi connectivity index (χ1v) is 11.9. The van der Waals surface area contributed by atoms with Crippen LogP contribution in [0.3, 0.4) is 0 Å². The van der Waals surface area contributed by atoms with Crippen molar-refractivity contribution in [2.75, 3.05) is 9.62 Å².